The van der Waals surface area contributed by atoms with Gasteiger partial charge in [0.25, 0.3) is 0 Å². The molecule has 0 aliphatic carbocycles. The van der Waals surface area contributed by atoms with Crippen LogP contribution in [-0.2, 0) is 76.3 Å². The van der Waals surface area contributed by atoms with Crippen molar-refractivity contribution >= 4 is 47.8 Å². The van der Waals surface area contributed by atoms with Crippen molar-refractivity contribution < 1.29 is 76.3 Å². The number of unbranched alkanes of at least 4 members (excludes halogenated alkanes) is 20. The van der Waals surface area contributed by atoms with E-state index in [4.69, 9.17) is 37.9 Å². The van der Waals surface area contributed by atoms with Gasteiger partial charge in [0.15, 0.2) is 0 Å². The van der Waals surface area contributed by atoms with Crippen LogP contribution in [0.2, 0.25) is 0 Å². The molecule has 0 spiro atoms. The monoisotopic (exact) mass is 1120 g/mol. The molecule has 460 valence electrons. The van der Waals surface area contributed by atoms with Crippen molar-refractivity contribution in [2.45, 2.75) is 326 Å². The van der Waals surface area contributed by atoms with E-state index in [1.165, 1.54) is 77.0 Å². The van der Waals surface area contributed by atoms with Crippen LogP contribution in [0.25, 0.3) is 0 Å². The lowest BCUT2D eigenvalue weighted by molar-refractivity contribution is -0.156. The van der Waals surface area contributed by atoms with Crippen molar-refractivity contribution in [3.63, 3.8) is 0 Å². The van der Waals surface area contributed by atoms with Crippen LogP contribution in [0.15, 0.2) is 0 Å². The highest BCUT2D eigenvalue weighted by Gasteiger charge is 2.18. The molecule has 0 aromatic heterocycles. The molecule has 0 aromatic carbocycles. The largest absolute Gasteiger partial charge is 0.466 e. The summed E-state index contributed by atoms with van der Waals surface area (Å²) in [5, 5.41) is 0. The van der Waals surface area contributed by atoms with E-state index < -0.39 is 24.4 Å². The summed E-state index contributed by atoms with van der Waals surface area (Å²) in [7, 11) is 0. The van der Waals surface area contributed by atoms with E-state index in [-0.39, 0.29) is 73.4 Å². The Morgan fingerprint density at radius 1 is 0.244 bits per heavy atom. The zero-order chi connectivity index (χ0) is 59.5. The fourth-order valence-corrected chi connectivity index (χ4v) is 7.36. The third-order valence-corrected chi connectivity index (χ3v) is 11.7. The minimum atomic E-state index is -0.398. The Morgan fingerprint density at radius 3 is 0.692 bits per heavy atom. The summed E-state index contributed by atoms with van der Waals surface area (Å²) >= 11 is 0. The quantitative estimate of drug-likeness (QED) is 0.0315. The fourth-order valence-electron chi connectivity index (χ4n) is 7.36. The normalized spacial score (nSPS) is 11.9. The Bertz CT molecular complexity index is 1450. The topological polar surface area (TPSA) is 210 Å². The number of carbonyl (C=O) groups excluding carboxylic acids is 8. The summed E-state index contributed by atoms with van der Waals surface area (Å²) in [5.74, 6) is -2.07. The van der Waals surface area contributed by atoms with Crippen molar-refractivity contribution in [3.05, 3.63) is 0 Å². The first kappa shape index (κ1) is 80.2. The first-order valence-corrected chi connectivity index (χ1v) is 30.8. The summed E-state index contributed by atoms with van der Waals surface area (Å²) in [4.78, 5) is 91.3. The van der Waals surface area contributed by atoms with Crippen molar-refractivity contribution in [1.82, 2.24) is 0 Å². The molecule has 16 nitrogen and oxygen atoms in total. The molecule has 78 heavy (non-hydrogen) atoms. The van der Waals surface area contributed by atoms with Crippen LogP contribution in [0.3, 0.4) is 0 Å². The van der Waals surface area contributed by atoms with E-state index in [0.717, 1.165) is 89.9 Å². The van der Waals surface area contributed by atoms with Crippen LogP contribution in [0.4, 0.5) is 0 Å². The SMILES string of the molecule is CCCCCC(=O)O[C@H](C)CC(=O)OCC.CCCCCCCC(=O)O[C@H](C)CC(=O)OCC.CCCCCCCCOC(=O)C[C@@H](C)OC(=O)CCCCCCC.CCCCCCOC(=O)C[C@@H](C)OC(=O)CCCCC. The molecule has 0 saturated carbocycles. The Hall–Kier alpha value is -4.24. The molecule has 0 rings (SSSR count). The highest BCUT2D eigenvalue weighted by molar-refractivity contribution is 5.74. The van der Waals surface area contributed by atoms with Gasteiger partial charge in [-0.05, 0) is 80.1 Å². The molecule has 0 heterocycles. The maximum atomic E-state index is 11.7. The lowest BCUT2D eigenvalue weighted by Crippen LogP contribution is -2.20. The number of ether oxygens (including phenoxy) is 8. The summed E-state index contributed by atoms with van der Waals surface area (Å²) in [6.07, 6.45) is 29.0. The number of esters is 8. The number of hydrogen-bond donors (Lipinski definition) is 0. The van der Waals surface area contributed by atoms with Gasteiger partial charge >= 0.3 is 47.8 Å². The molecule has 16 heteroatoms. The van der Waals surface area contributed by atoms with E-state index in [2.05, 4.69) is 41.5 Å². The molecule has 0 fully saturated rings. The molecule has 0 saturated heterocycles. The molecule has 0 aromatic rings. The molecule has 0 amide bonds. The van der Waals surface area contributed by atoms with Gasteiger partial charge in [0.1, 0.15) is 24.4 Å². The van der Waals surface area contributed by atoms with Gasteiger partial charge in [-0.1, -0.05) is 170 Å². The Morgan fingerprint density at radius 2 is 0.436 bits per heavy atom. The van der Waals surface area contributed by atoms with E-state index >= 15 is 0 Å². The van der Waals surface area contributed by atoms with E-state index in [1.54, 1.807) is 41.5 Å². The van der Waals surface area contributed by atoms with Gasteiger partial charge in [-0.15, -0.1) is 0 Å². The van der Waals surface area contributed by atoms with Crippen molar-refractivity contribution in [2.24, 2.45) is 0 Å². The van der Waals surface area contributed by atoms with Gasteiger partial charge in [-0.3, -0.25) is 38.4 Å². The molecule has 0 aliphatic rings. The van der Waals surface area contributed by atoms with Crippen LogP contribution < -0.4 is 0 Å². The Balaban J connectivity index is -0.000000473. The summed E-state index contributed by atoms with van der Waals surface area (Å²) in [5.41, 5.74) is 0. The van der Waals surface area contributed by atoms with Crippen LogP contribution in [0.1, 0.15) is 301 Å². The maximum Gasteiger partial charge on any atom is 0.309 e. The second-order valence-corrected chi connectivity index (χ2v) is 20.1. The summed E-state index contributed by atoms with van der Waals surface area (Å²) < 4.78 is 40.5. The van der Waals surface area contributed by atoms with E-state index in [0.29, 0.717) is 52.1 Å². The van der Waals surface area contributed by atoms with E-state index in [1.807, 2.05) is 0 Å². The van der Waals surface area contributed by atoms with E-state index in [9.17, 15) is 38.4 Å². The Labute approximate surface area is 474 Å². The number of rotatable bonds is 46. The summed E-state index contributed by atoms with van der Waals surface area (Å²) in [6.45, 7) is 24.9. The lowest BCUT2D eigenvalue weighted by atomic mass is 10.1. The van der Waals surface area contributed by atoms with Crippen LogP contribution in [-0.4, -0.2) is 98.6 Å². The van der Waals surface area contributed by atoms with Gasteiger partial charge in [-0.25, -0.2) is 0 Å². The molecule has 0 N–H and O–H groups in total. The van der Waals surface area contributed by atoms with Gasteiger partial charge in [0, 0.05) is 25.7 Å². The number of carbonyl (C=O) groups is 8. The average molecular weight is 1120 g/mol. The van der Waals surface area contributed by atoms with Gasteiger partial charge in [0.2, 0.25) is 0 Å². The lowest BCUT2D eigenvalue weighted by Gasteiger charge is -2.13. The van der Waals surface area contributed by atoms with Crippen LogP contribution in [0, 0.1) is 0 Å². The Kier molecular flexibility index (Phi) is 63.7. The predicted molar refractivity (Wildman–Crippen MR) is 308 cm³/mol. The average Bonchev–Trinajstić information content (AvgIpc) is 3.36. The van der Waals surface area contributed by atoms with Gasteiger partial charge < -0.3 is 37.9 Å². The number of hydrogen-bond acceptors (Lipinski definition) is 16. The highest BCUT2D eigenvalue weighted by Crippen LogP contribution is 2.12. The second-order valence-electron chi connectivity index (χ2n) is 20.1. The van der Waals surface area contributed by atoms with Crippen LogP contribution in [0.5, 0.6) is 0 Å². The fraction of sp³-hybridized carbons (Fsp3) is 0.871. The van der Waals surface area contributed by atoms with Gasteiger partial charge in [-0.2, -0.15) is 0 Å². The predicted octanol–water partition coefficient (Wildman–Crippen LogP) is 15.3. The molecule has 0 aliphatic heterocycles. The van der Waals surface area contributed by atoms with Crippen LogP contribution >= 0.6 is 0 Å². The standard InChI is InChI=1S/C20H38O4.C16H30O4.C14H26O4.C12H22O4/c1-4-6-8-10-12-14-16-23-20(22)17-18(3)24-19(21)15-13-11-9-7-5-2;1-4-6-8-10-12-19-16(18)13-14(3)20-15(17)11-9-7-5-2;1-4-6-7-8-9-10-13(15)18-12(3)11-14(16)17-5-2;1-4-6-7-8-11(13)16-10(3)9-12(14)15-5-2/h18H,4-17H2,1-3H3;14H,4-13H2,1-3H3;12H,4-11H2,1-3H3;10H,4-9H2,1-3H3/t18-;14-;12-;10-/m1111/s1. The first-order valence-electron chi connectivity index (χ1n) is 30.8. The van der Waals surface area contributed by atoms with Crippen molar-refractivity contribution in [1.29, 1.82) is 0 Å². The van der Waals surface area contributed by atoms with Crippen molar-refractivity contribution in [3.8, 4) is 0 Å². The molecule has 0 bridgehead atoms. The first-order chi connectivity index (χ1) is 37.4. The minimum absolute atomic E-state index is 0.132. The molecular weight excluding hydrogens is 1000 g/mol. The smallest absolute Gasteiger partial charge is 0.309 e. The molecule has 4 atom stereocenters. The third-order valence-electron chi connectivity index (χ3n) is 11.7. The molecule has 0 radical (unpaired) electrons. The molecule has 0 unspecified atom stereocenters. The highest BCUT2D eigenvalue weighted by atomic mass is 16.6. The summed E-state index contributed by atoms with van der Waals surface area (Å²) in [6, 6.07) is 0. The third kappa shape index (κ3) is 66.0. The van der Waals surface area contributed by atoms with Crippen molar-refractivity contribution in [2.75, 3.05) is 26.4 Å². The molecular formula is C62H116O16. The van der Waals surface area contributed by atoms with Gasteiger partial charge in [0.05, 0.1) is 52.1 Å². The second kappa shape index (κ2) is 62.0. The zero-order valence-corrected chi connectivity index (χ0v) is 51.7. The zero-order valence-electron chi connectivity index (χ0n) is 51.7. The maximum absolute atomic E-state index is 11.7. The minimum Gasteiger partial charge on any atom is -0.466 e.